The van der Waals surface area contributed by atoms with Crippen LogP contribution in [0.15, 0.2) is 10.9 Å². The number of rotatable bonds is 5. The molecule has 2 amide bonds. The minimum absolute atomic E-state index is 0.127. The second kappa shape index (κ2) is 6.85. The van der Waals surface area contributed by atoms with E-state index in [9.17, 15) is 9.59 Å². The van der Waals surface area contributed by atoms with Crippen LogP contribution in [0.25, 0.3) is 0 Å². The van der Waals surface area contributed by atoms with Crippen molar-refractivity contribution < 1.29 is 24.0 Å². The molecule has 1 fully saturated rings. The van der Waals surface area contributed by atoms with Crippen LogP contribution >= 0.6 is 0 Å². The summed E-state index contributed by atoms with van der Waals surface area (Å²) in [6.45, 7) is 1.39. The Morgan fingerprint density at radius 2 is 2.40 bits per heavy atom. The Morgan fingerprint density at radius 1 is 1.55 bits per heavy atom. The summed E-state index contributed by atoms with van der Waals surface area (Å²) in [5.41, 5.74) is 0. The number of nitrogens with zero attached hydrogens (tertiary/aromatic N) is 3. The molecule has 1 unspecified atom stereocenters. The fraction of sp³-hybridized carbons (Fsp3) is 0.636. The maximum Gasteiger partial charge on any atom is 0.317 e. The molecular formula is C11H16N4O5. The van der Waals surface area contributed by atoms with E-state index in [-0.39, 0.29) is 19.1 Å². The zero-order valence-electron chi connectivity index (χ0n) is 10.8. The second-order valence-corrected chi connectivity index (χ2v) is 4.35. The fourth-order valence-corrected chi connectivity index (χ4v) is 1.98. The van der Waals surface area contributed by atoms with Crippen molar-refractivity contribution >= 4 is 12.0 Å². The van der Waals surface area contributed by atoms with Crippen molar-refractivity contribution in [3.05, 3.63) is 12.2 Å². The van der Waals surface area contributed by atoms with Gasteiger partial charge in [-0.2, -0.15) is 4.98 Å². The lowest BCUT2D eigenvalue weighted by Gasteiger charge is -2.34. The highest BCUT2D eigenvalue weighted by Gasteiger charge is 2.28. The number of nitrogens with one attached hydrogen (secondary N) is 1. The number of carboxylic acids is 1. The van der Waals surface area contributed by atoms with Crippen LogP contribution in [0.4, 0.5) is 4.79 Å². The molecule has 9 nitrogen and oxygen atoms in total. The topological polar surface area (TPSA) is 118 Å². The third kappa shape index (κ3) is 3.92. The van der Waals surface area contributed by atoms with Crippen molar-refractivity contribution in [2.24, 2.45) is 0 Å². The van der Waals surface area contributed by atoms with Gasteiger partial charge in [0.05, 0.1) is 25.7 Å². The van der Waals surface area contributed by atoms with Crippen LogP contribution in [-0.4, -0.2) is 64.5 Å². The average Bonchev–Trinajstić information content (AvgIpc) is 2.91. The lowest BCUT2D eigenvalue weighted by molar-refractivity contribution is -0.139. The van der Waals surface area contributed by atoms with Gasteiger partial charge in [-0.05, 0) is 0 Å². The average molecular weight is 284 g/mol. The summed E-state index contributed by atoms with van der Waals surface area (Å²) in [5, 5.41) is 15.2. The highest BCUT2D eigenvalue weighted by molar-refractivity contribution is 5.76. The number of urea groups is 1. The summed E-state index contributed by atoms with van der Waals surface area (Å²) in [7, 11) is 0. The van der Waals surface area contributed by atoms with Gasteiger partial charge < -0.3 is 24.6 Å². The van der Waals surface area contributed by atoms with Crippen molar-refractivity contribution in [1.29, 1.82) is 0 Å². The van der Waals surface area contributed by atoms with E-state index in [1.54, 1.807) is 0 Å². The lowest BCUT2D eigenvalue weighted by atomic mass is 10.1. The molecule has 0 aliphatic carbocycles. The van der Waals surface area contributed by atoms with Crippen molar-refractivity contribution in [2.75, 3.05) is 26.3 Å². The molecule has 20 heavy (non-hydrogen) atoms. The number of hydrogen-bond acceptors (Lipinski definition) is 6. The van der Waals surface area contributed by atoms with Gasteiger partial charge in [0.2, 0.25) is 6.39 Å². The molecule has 1 aliphatic rings. The van der Waals surface area contributed by atoms with E-state index in [1.807, 2.05) is 0 Å². The summed E-state index contributed by atoms with van der Waals surface area (Å²) in [6, 6.07) is -0.741. The van der Waals surface area contributed by atoms with Crippen molar-refractivity contribution in [2.45, 2.75) is 18.9 Å². The molecular weight excluding hydrogens is 268 g/mol. The van der Waals surface area contributed by atoms with Gasteiger partial charge in [0.1, 0.15) is 0 Å². The van der Waals surface area contributed by atoms with Crippen LogP contribution in [0.5, 0.6) is 0 Å². The summed E-state index contributed by atoms with van der Waals surface area (Å²) in [6.07, 6.45) is 1.55. The fourth-order valence-electron chi connectivity index (χ4n) is 1.98. The Kier molecular flexibility index (Phi) is 4.88. The van der Waals surface area contributed by atoms with Crippen LogP contribution in [0.3, 0.4) is 0 Å². The first-order valence-corrected chi connectivity index (χ1v) is 6.26. The zero-order chi connectivity index (χ0) is 14.4. The van der Waals surface area contributed by atoms with Gasteiger partial charge >= 0.3 is 12.0 Å². The van der Waals surface area contributed by atoms with E-state index in [2.05, 4.69) is 20.0 Å². The van der Waals surface area contributed by atoms with E-state index in [1.165, 1.54) is 11.3 Å². The maximum atomic E-state index is 12.0. The standard InChI is InChI=1S/C11H16N4O5/c16-10(17)5-8-6-19-4-3-15(8)11(18)12-2-1-9-13-7-20-14-9/h7-8H,1-6H2,(H,12,18)(H,16,17). The smallest absolute Gasteiger partial charge is 0.317 e. The van der Waals surface area contributed by atoms with Gasteiger partial charge in [-0.25, -0.2) is 4.79 Å². The summed E-state index contributed by atoms with van der Waals surface area (Å²) >= 11 is 0. The molecule has 0 saturated carbocycles. The van der Waals surface area contributed by atoms with Crippen LogP contribution in [-0.2, 0) is 16.0 Å². The molecule has 0 aromatic carbocycles. The van der Waals surface area contributed by atoms with Gasteiger partial charge in [0.25, 0.3) is 0 Å². The number of carbonyl (C=O) groups excluding carboxylic acids is 1. The molecule has 1 aromatic rings. The number of aliphatic carboxylic acids is 1. The highest BCUT2D eigenvalue weighted by atomic mass is 16.5. The number of carbonyl (C=O) groups is 2. The first-order chi connectivity index (χ1) is 9.66. The highest BCUT2D eigenvalue weighted by Crippen LogP contribution is 2.10. The predicted molar refractivity (Wildman–Crippen MR) is 65.0 cm³/mol. The van der Waals surface area contributed by atoms with E-state index in [0.717, 1.165) is 0 Å². The minimum atomic E-state index is -0.954. The Labute approximate surface area is 114 Å². The lowest BCUT2D eigenvalue weighted by Crippen LogP contribution is -2.53. The maximum absolute atomic E-state index is 12.0. The Bertz CT molecular complexity index is 450. The molecule has 1 atom stereocenters. The van der Waals surface area contributed by atoms with Crippen LogP contribution in [0.1, 0.15) is 12.2 Å². The second-order valence-electron chi connectivity index (χ2n) is 4.35. The molecule has 0 radical (unpaired) electrons. The van der Waals surface area contributed by atoms with Crippen molar-refractivity contribution in [1.82, 2.24) is 20.4 Å². The SMILES string of the molecule is O=C(O)CC1COCCN1C(=O)NCCc1ncon1. The van der Waals surface area contributed by atoms with Gasteiger partial charge in [0, 0.05) is 19.5 Å². The molecule has 2 heterocycles. The molecule has 1 aromatic heterocycles. The van der Waals surface area contributed by atoms with E-state index in [0.29, 0.717) is 31.9 Å². The van der Waals surface area contributed by atoms with Crippen LogP contribution in [0, 0.1) is 0 Å². The van der Waals surface area contributed by atoms with Gasteiger partial charge in [-0.1, -0.05) is 5.16 Å². The van der Waals surface area contributed by atoms with E-state index in [4.69, 9.17) is 9.84 Å². The molecule has 9 heteroatoms. The van der Waals surface area contributed by atoms with E-state index < -0.39 is 12.0 Å². The normalized spacial score (nSPS) is 18.8. The number of aromatic nitrogens is 2. The number of amides is 2. The minimum Gasteiger partial charge on any atom is -0.481 e. The summed E-state index contributed by atoms with van der Waals surface area (Å²) in [5.74, 6) is -0.445. The van der Waals surface area contributed by atoms with Crippen molar-refractivity contribution in [3.8, 4) is 0 Å². The molecule has 110 valence electrons. The molecule has 2 rings (SSSR count). The Hall–Kier alpha value is -2.16. The Balaban J connectivity index is 1.81. The first-order valence-electron chi connectivity index (χ1n) is 6.26. The molecule has 0 spiro atoms. The number of hydrogen-bond donors (Lipinski definition) is 2. The zero-order valence-corrected chi connectivity index (χ0v) is 10.8. The molecule has 1 aliphatic heterocycles. The third-order valence-electron chi connectivity index (χ3n) is 2.93. The monoisotopic (exact) mass is 284 g/mol. The summed E-state index contributed by atoms with van der Waals surface area (Å²) < 4.78 is 9.79. The first kappa shape index (κ1) is 14.3. The third-order valence-corrected chi connectivity index (χ3v) is 2.93. The largest absolute Gasteiger partial charge is 0.481 e. The summed E-state index contributed by atoms with van der Waals surface area (Å²) in [4.78, 5) is 28.1. The van der Waals surface area contributed by atoms with Crippen LogP contribution < -0.4 is 5.32 Å². The van der Waals surface area contributed by atoms with Gasteiger partial charge in [0.15, 0.2) is 5.82 Å². The number of morpholine rings is 1. The van der Waals surface area contributed by atoms with Gasteiger partial charge in [-0.15, -0.1) is 0 Å². The van der Waals surface area contributed by atoms with Gasteiger partial charge in [-0.3, -0.25) is 4.79 Å². The Morgan fingerprint density at radius 3 is 3.10 bits per heavy atom. The molecule has 0 bridgehead atoms. The van der Waals surface area contributed by atoms with Crippen LogP contribution in [0.2, 0.25) is 0 Å². The predicted octanol–water partition coefficient (Wildman–Crippen LogP) is -0.503. The quantitative estimate of drug-likeness (QED) is 0.748. The molecule has 2 N–H and O–H groups in total. The number of ether oxygens (including phenoxy) is 1. The molecule has 1 saturated heterocycles. The van der Waals surface area contributed by atoms with E-state index >= 15 is 0 Å². The van der Waals surface area contributed by atoms with Crippen molar-refractivity contribution in [3.63, 3.8) is 0 Å². The number of carboxylic acid groups (broad SMARTS) is 1.